The second-order valence-corrected chi connectivity index (χ2v) is 6.36. The average molecular weight is 281 g/mol. The third-order valence-electron chi connectivity index (χ3n) is 3.11. The molecular weight excluding hydrogens is 266 g/mol. The fourth-order valence-corrected chi connectivity index (χ4v) is 3.17. The number of benzene rings is 1. The van der Waals surface area contributed by atoms with Crippen molar-refractivity contribution in [1.82, 2.24) is 4.57 Å². The summed E-state index contributed by atoms with van der Waals surface area (Å²) in [6.07, 6.45) is 0. The van der Waals surface area contributed by atoms with E-state index in [0.29, 0.717) is 17.4 Å². The van der Waals surface area contributed by atoms with Crippen molar-refractivity contribution in [2.75, 3.05) is 5.75 Å². The fourth-order valence-electron chi connectivity index (χ4n) is 2.10. The zero-order chi connectivity index (χ0) is 14.2. The second-order valence-electron chi connectivity index (χ2n) is 4.15. The first-order valence-electron chi connectivity index (χ1n) is 6.01. The summed E-state index contributed by atoms with van der Waals surface area (Å²) in [4.78, 5) is 11.8. The number of aromatic hydroxyl groups is 1. The van der Waals surface area contributed by atoms with Crippen LogP contribution in [0.15, 0.2) is 34.0 Å². The van der Waals surface area contributed by atoms with Crippen LogP contribution in [0.25, 0.3) is 10.9 Å². The molecule has 0 unspecified atom stereocenters. The van der Waals surface area contributed by atoms with Crippen molar-refractivity contribution in [2.45, 2.75) is 25.3 Å². The zero-order valence-electron chi connectivity index (χ0n) is 10.8. The molecule has 5 nitrogen and oxygen atoms in total. The molecule has 0 amide bonds. The number of aromatic nitrogens is 1. The third kappa shape index (κ3) is 2.02. The van der Waals surface area contributed by atoms with Crippen LogP contribution in [-0.2, 0) is 16.4 Å². The molecule has 19 heavy (non-hydrogen) atoms. The molecule has 0 atom stereocenters. The molecule has 2 aromatic rings. The number of fused-ring (bicyclic) bond motifs is 1. The van der Waals surface area contributed by atoms with E-state index < -0.39 is 26.0 Å². The summed E-state index contributed by atoms with van der Waals surface area (Å²) in [5.74, 6) is -0.676. The Bertz CT molecular complexity index is 790. The van der Waals surface area contributed by atoms with Gasteiger partial charge in [0.1, 0.15) is 5.75 Å². The predicted octanol–water partition coefficient (Wildman–Crippen LogP) is 1.52. The molecule has 1 aromatic heterocycles. The fraction of sp³-hybridized carbons (Fsp3) is 0.308. The monoisotopic (exact) mass is 281 g/mol. The summed E-state index contributed by atoms with van der Waals surface area (Å²) in [6, 6.07) is 6.71. The van der Waals surface area contributed by atoms with Crippen LogP contribution in [0.1, 0.15) is 13.8 Å². The number of pyridine rings is 1. The van der Waals surface area contributed by atoms with E-state index in [-0.39, 0.29) is 5.75 Å². The Labute approximate surface area is 111 Å². The van der Waals surface area contributed by atoms with E-state index in [0.717, 1.165) is 0 Å². The van der Waals surface area contributed by atoms with Crippen LogP contribution in [0.3, 0.4) is 0 Å². The van der Waals surface area contributed by atoms with Gasteiger partial charge in [0.05, 0.1) is 11.3 Å². The molecule has 0 aliphatic carbocycles. The molecule has 1 heterocycles. The molecule has 6 heteroatoms. The first kappa shape index (κ1) is 13.6. The molecule has 0 bridgehead atoms. The third-order valence-corrected chi connectivity index (χ3v) is 4.86. The number of sulfone groups is 1. The average Bonchev–Trinajstić information content (AvgIpc) is 2.39. The summed E-state index contributed by atoms with van der Waals surface area (Å²) in [5, 5.41) is 10.5. The van der Waals surface area contributed by atoms with Crippen LogP contribution in [0.5, 0.6) is 5.75 Å². The topological polar surface area (TPSA) is 76.4 Å². The Morgan fingerprint density at radius 1 is 1.21 bits per heavy atom. The molecule has 0 aliphatic heterocycles. The highest BCUT2D eigenvalue weighted by Gasteiger charge is 2.25. The molecule has 0 spiro atoms. The van der Waals surface area contributed by atoms with E-state index in [9.17, 15) is 18.3 Å². The summed E-state index contributed by atoms with van der Waals surface area (Å²) in [7, 11) is -3.77. The van der Waals surface area contributed by atoms with Crippen molar-refractivity contribution < 1.29 is 13.5 Å². The smallest absolute Gasteiger partial charge is 0.273 e. The Balaban J connectivity index is 3.07. The van der Waals surface area contributed by atoms with Crippen LogP contribution in [-0.4, -0.2) is 23.8 Å². The van der Waals surface area contributed by atoms with Crippen molar-refractivity contribution in [2.24, 2.45) is 0 Å². The molecule has 0 aliphatic rings. The maximum atomic E-state index is 12.3. The van der Waals surface area contributed by atoms with Gasteiger partial charge in [0, 0.05) is 11.9 Å². The molecule has 0 saturated carbocycles. The molecule has 1 aromatic carbocycles. The number of hydrogen-bond acceptors (Lipinski definition) is 4. The normalized spacial score (nSPS) is 11.9. The van der Waals surface area contributed by atoms with Crippen LogP contribution in [0.4, 0.5) is 0 Å². The van der Waals surface area contributed by atoms with E-state index in [1.54, 1.807) is 31.2 Å². The molecular formula is C13H15NO4S. The van der Waals surface area contributed by atoms with Gasteiger partial charge < -0.3 is 9.67 Å². The molecule has 1 N–H and O–H groups in total. The van der Waals surface area contributed by atoms with E-state index >= 15 is 0 Å². The molecule has 0 fully saturated rings. The van der Waals surface area contributed by atoms with Gasteiger partial charge in [-0.3, -0.25) is 4.79 Å². The Morgan fingerprint density at radius 2 is 1.84 bits per heavy atom. The van der Waals surface area contributed by atoms with E-state index in [4.69, 9.17) is 0 Å². The molecule has 0 radical (unpaired) electrons. The number of aryl methyl sites for hydroxylation is 1. The van der Waals surface area contributed by atoms with Crippen molar-refractivity contribution in [3.63, 3.8) is 0 Å². The largest absolute Gasteiger partial charge is 0.506 e. The summed E-state index contributed by atoms with van der Waals surface area (Å²) >= 11 is 0. The first-order chi connectivity index (χ1) is 8.94. The summed E-state index contributed by atoms with van der Waals surface area (Å²) < 4.78 is 25.3. The van der Waals surface area contributed by atoms with Gasteiger partial charge in [-0.05, 0) is 19.1 Å². The minimum absolute atomic E-state index is 0.224. The number of rotatable bonds is 3. The number of nitrogens with zero attached hydrogens (tertiary/aromatic N) is 1. The van der Waals surface area contributed by atoms with E-state index in [1.807, 2.05) is 0 Å². The second kappa shape index (κ2) is 4.70. The SMILES string of the molecule is CCn1c(=O)c(S(=O)(=O)CC)c(O)c2ccccc21. The van der Waals surface area contributed by atoms with Crippen molar-refractivity contribution in [3.05, 3.63) is 34.6 Å². The lowest BCUT2D eigenvalue weighted by atomic mass is 10.2. The van der Waals surface area contributed by atoms with Crippen molar-refractivity contribution in [1.29, 1.82) is 0 Å². The molecule has 102 valence electrons. The van der Waals surface area contributed by atoms with Gasteiger partial charge in [0.15, 0.2) is 14.7 Å². The lowest BCUT2D eigenvalue weighted by Gasteiger charge is -2.13. The van der Waals surface area contributed by atoms with Gasteiger partial charge in [-0.15, -0.1) is 0 Å². The lowest BCUT2D eigenvalue weighted by Crippen LogP contribution is -2.26. The highest BCUT2D eigenvalue weighted by Crippen LogP contribution is 2.29. The predicted molar refractivity (Wildman–Crippen MR) is 73.3 cm³/mol. The lowest BCUT2D eigenvalue weighted by molar-refractivity contribution is 0.460. The van der Waals surface area contributed by atoms with Crippen LogP contribution in [0.2, 0.25) is 0 Å². The molecule has 0 saturated heterocycles. The van der Waals surface area contributed by atoms with E-state index in [2.05, 4.69) is 0 Å². The number of hydrogen-bond donors (Lipinski definition) is 1. The van der Waals surface area contributed by atoms with Gasteiger partial charge in [-0.25, -0.2) is 8.42 Å². The van der Waals surface area contributed by atoms with Gasteiger partial charge in [0.2, 0.25) is 0 Å². The van der Waals surface area contributed by atoms with E-state index in [1.165, 1.54) is 11.5 Å². The Morgan fingerprint density at radius 3 is 2.42 bits per heavy atom. The standard InChI is InChI=1S/C13H15NO4S/c1-3-14-10-8-6-5-7-9(10)11(15)12(13(14)16)19(17,18)4-2/h5-8,15H,3-4H2,1-2H3. The highest BCUT2D eigenvalue weighted by atomic mass is 32.2. The maximum absolute atomic E-state index is 12.3. The summed E-state index contributed by atoms with van der Waals surface area (Å²) in [5.41, 5.74) is -0.136. The zero-order valence-corrected chi connectivity index (χ0v) is 11.6. The number of para-hydroxylation sites is 1. The van der Waals surface area contributed by atoms with Gasteiger partial charge in [-0.1, -0.05) is 19.1 Å². The van der Waals surface area contributed by atoms with Crippen LogP contribution >= 0.6 is 0 Å². The van der Waals surface area contributed by atoms with Crippen molar-refractivity contribution >= 4 is 20.7 Å². The minimum atomic E-state index is -3.77. The van der Waals surface area contributed by atoms with Gasteiger partial charge in [0.25, 0.3) is 5.56 Å². The summed E-state index contributed by atoms with van der Waals surface area (Å²) in [6.45, 7) is 3.54. The highest BCUT2D eigenvalue weighted by molar-refractivity contribution is 7.91. The quantitative estimate of drug-likeness (QED) is 0.925. The minimum Gasteiger partial charge on any atom is -0.506 e. The van der Waals surface area contributed by atoms with Crippen LogP contribution < -0.4 is 5.56 Å². The van der Waals surface area contributed by atoms with Gasteiger partial charge >= 0.3 is 0 Å². The maximum Gasteiger partial charge on any atom is 0.273 e. The first-order valence-corrected chi connectivity index (χ1v) is 7.66. The van der Waals surface area contributed by atoms with Crippen LogP contribution in [0, 0.1) is 0 Å². The Kier molecular flexibility index (Phi) is 3.36. The van der Waals surface area contributed by atoms with Crippen molar-refractivity contribution in [3.8, 4) is 5.75 Å². The molecule has 2 rings (SSSR count). The Hall–Kier alpha value is -1.82. The van der Waals surface area contributed by atoms with Gasteiger partial charge in [-0.2, -0.15) is 0 Å².